The summed E-state index contributed by atoms with van der Waals surface area (Å²) in [7, 11) is 0. The van der Waals surface area contributed by atoms with Crippen LogP contribution < -0.4 is 10.6 Å². The van der Waals surface area contributed by atoms with Crippen molar-refractivity contribution in [1.29, 1.82) is 0 Å². The largest absolute Gasteiger partial charge is 0.478 e. The van der Waals surface area contributed by atoms with Gasteiger partial charge in [-0.2, -0.15) is 0 Å². The topological polar surface area (TPSA) is 98.7 Å². The number of carbonyl (C=O) groups excluding carboxylic acids is 1. The number of aliphatic hydroxyl groups is 1. The average molecular weight is 200 g/mol. The van der Waals surface area contributed by atoms with Crippen LogP contribution in [0.15, 0.2) is 11.6 Å². The van der Waals surface area contributed by atoms with Crippen molar-refractivity contribution in [2.45, 2.75) is 19.2 Å². The monoisotopic (exact) mass is 200 g/mol. The van der Waals surface area contributed by atoms with Crippen molar-refractivity contribution in [3.8, 4) is 0 Å². The van der Waals surface area contributed by atoms with Gasteiger partial charge in [0, 0.05) is 19.0 Å². The zero-order chi connectivity index (χ0) is 10.7. The van der Waals surface area contributed by atoms with Crippen LogP contribution in [-0.4, -0.2) is 40.9 Å². The molecule has 1 amide bonds. The highest BCUT2D eigenvalue weighted by Gasteiger charge is 2.25. The highest BCUT2D eigenvalue weighted by molar-refractivity contribution is 5.87. The molecule has 2 unspecified atom stereocenters. The van der Waals surface area contributed by atoms with Crippen LogP contribution in [0.4, 0.5) is 0 Å². The number of nitrogens with one attached hydrogen (secondary N) is 2. The second-order valence-electron chi connectivity index (χ2n) is 3.05. The van der Waals surface area contributed by atoms with Gasteiger partial charge in [0.15, 0.2) is 0 Å². The van der Waals surface area contributed by atoms with Crippen molar-refractivity contribution < 1.29 is 19.8 Å². The maximum atomic E-state index is 10.7. The van der Waals surface area contributed by atoms with Crippen molar-refractivity contribution in [1.82, 2.24) is 10.6 Å². The van der Waals surface area contributed by atoms with E-state index < -0.39 is 18.2 Å². The van der Waals surface area contributed by atoms with E-state index in [1.807, 2.05) is 0 Å². The summed E-state index contributed by atoms with van der Waals surface area (Å²) in [4.78, 5) is 21.2. The van der Waals surface area contributed by atoms with Gasteiger partial charge in [-0.15, -0.1) is 0 Å². The molecule has 0 saturated carbocycles. The third-order valence-electron chi connectivity index (χ3n) is 1.86. The Morgan fingerprint density at radius 2 is 2.29 bits per heavy atom. The lowest BCUT2D eigenvalue weighted by molar-refractivity contribution is -0.132. The lowest BCUT2D eigenvalue weighted by atomic mass is 10.1. The van der Waals surface area contributed by atoms with E-state index >= 15 is 0 Å². The van der Waals surface area contributed by atoms with Crippen LogP contribution in [0.25, 0.3) is 0 Å². The molecule has 0 spiro atoms. The molecule has 4 N–H and O–H groups in total. The molecular weight excluding hydrogens is 188 g/mol. The van der Waals surface area contributed by atoms with Crippen LogP contribution in [0.2, 0.25) is 0 Å². The highest BCUT2D eigenvalue weighted by Crippen LogP contribution is 2.06. The number of rotatable bonds is 2. The summed E-state index contributed by atoms with van der Waals surface area (Å²) in [6.07, 6.45) is -0.409. The minimum atomic E-state index is -1.07. The number of amides is 1. The average Bonchev–Trinajstić information content (AvgIpc) is 2.07. The molecule has 0 aromatic carbocycles. The highest BCUT2D eigenvalue weighted by atomic mass is 16.4. The van der Waals surface area contributed by atoms with Gasteiger partial charge < -0.3 is 15.5 Å². The molecule has 0 aromatic rings. The Morgan fingerprint density at radius 3 is 2.71 bits per heavy atom. The summed E-state index contributed by atoms with van der Waals surface area (Å²) >= 11 is 0. The first kappa shape index (κ1) is 10.7. The third-order valence-corrected chi connectivity index (χ3v) is 1.86. The summed E-state index contributed by atoms with van der Waals surface area (Å²) in [5.41, 5.74) is 0.0964. The van der Waals surface area contributed by atoms with Crippen molar-refractivity contribution in [2.24, 2.45) is 0 Å². The Morgan fingerprint density at radius 1 is 1.64 bits per heavy atom. The fraction of sp³-hybridized carbons (Fsp3) is 0.500. The Bertz CT molecular complexity index is 287. The Labute approximate surface area is 80.6 Å². The van der Waals surface area contributed by atoms with E-state index in [9.17, 15) is 14.7 Å². The summed E-state index contributed by atoms with van der Waals surface area (Å²) in [6.45, 7) is 1.45. The molecule has 2 atom stereocenters. The first-order chi connectivity index (χ1) is 6.50. The molecule has 1 rings (SSSR count). The lowest BCUT2D eigenvalue weighted by Crippen LogP contribution is -2.54. The smallest absolute Gasteiger partial charge is 0.332 e. The first-order valence-corrected chi connectivity index (χ1v) is 4.13. The van der Waals surface area contributed by atoms with Crippen molar-refractivity contribution in [3.63, 3.8) is 0 Å². The van der Waals surface area contributed by atoms with E-state index in [2.05, 4.69) is 10.6 Å². The molecular formula is C8H12N2O4. The summed E-state index contributed by atoms with van der Waals surface area (Å²) in [5.74, 6) is -1.36. The molecule has 0 saturated heterocycles. The normalized spacial score (nSPS) is 26.6. The van der Waals surface area contributed by atoms with Crippen molar-refractivity contribution in [2.75, 3.05) is 6.54 Å². The number of hydrogen-bond acceptors (Lipinski definition) is 4. The number of carboxylic acids is 1. The second-order valence-corrected chi connectivity index (χ2v) is 3.05. The molecule has 0 aliphatic carbocycles. The molecule has 0 radical (unpaired) electrons. The minimum absolute atomic E-state index is 0.0964. The second kappa shape index (κ2) is 4.21. The van der Waals surface area contributed by atoms with E-state index in [1.54, 1.807) is 0 Å². The van der Waals surface area contributed by atoms with Gasteiger partial charge in [0.2, 0.25) is 5.91 Å². The van der Waals surface area contributed by atoms with Crippen molar-refractivity contribution in [3.05, 3.63) is 11.6 Å². The lowest BCUT2D eigenvalue weighted by Gasteiger charge is -2.27. The van der Waals surface area contributed by atoms with Crippen LogP contribution in [0, 0.1) is 0 Å². The Hall–Kier alpha value is -1.40. The molecule has 0 fully saturated rings. The Kier molecular flexibility index (Phi) is 3.21. The van der Waals surface area contributed by atoms with Crippen LogP contribution in [0.3, 0.4) is 0 Å². The molecule has 0 bridgehead atoms. The van der Waals surface area contributed by atoms with Crippen LogP contribution in [0.1, 0.15) is 6.92 Å². The van der Waals surface area contributed by atoms with Gasteiger partial charge in [-0.25, -0.2) is 4.79 Å². The summed E-state index contributed by atoms with van der Waals surface area (Å²) in [5, 5.41) is 23.2. The third kappa shape index (κ3) is 2.54. The summed E-state index contributed by atoms with van der Waals surface area (Å²) < 4.78 is 0. The number of hydrogen-bond donors (Lipinski definition) is 4. The van der Waals surface area contributed by atoms with Crippen LogP contribution in [0.5, 0.6) is 0 Å². The van der Waals surface area contributed by atoms with E-state index in [0.717, 1.165) is 0 Å². The van der Waals surface area contributed by atoms with Gasteiger partial charge in [-0.3, -0.25) is 10.1 Å². The maximum absolute atomic E-state index is 10.7. The first-order valence-electron chi connectivity index (χ1n) is 4.13. The fourth-order valence-corrected chi connectivity index (χ4v) is 1.20. The molecule has 6 nitrogen and oxygen atoms in total. The van der Waals surface area contributed by atoms with Crippen LogP contribution >= 0.6 is 0 Å². The molecule has 1 aliphatic rings. The molecule has 6 heteroatoms. The number of aliphatic carboxylic acids is 1. The molecule has 1 aliphatic heterocycles. The van der Waals surface area contributed by atoms with Gasteiger partial charge >= 0.3 is 5.97 Å². The maximum Gasteiger partial charge on any atom is 0.332 e. The van der Waals surface area contributed by atoms with Crippen molar-refractivity contribution >= 4 is 11.9 Å². The van der Waals surface area contributed by atoms with E-state index in [-0.39, 0.29) is 18.0 Å². The number of carbonyl (C=O) groups is 2. The van der Waals surface area contributed by atoms with Gasteiger partial charge in [-0.05, 0) is 6.08 Å². The number of aliphatic hydroxyl groups excluding tert-OH is 1. The summed E-state index contributed by atoms with van der Waals surface area (Å²) in [6, 6.07) is 0. The molecule has 0 aromatic heterocycles. The number of carboxylic acid groups (broad SMARTS) is 1. The quantitative estimate of drug-likeness (QED) is 0.431. The predicted octanol–water partition coefficient (Wildman–Crippen LogP) is -1.58. The van der Waals surface area contributed by atoms with Gasteiger partial charge in [0.05, 0.1) is 0 Å². The Balaban J connectivity index is 2.64. The van der Waals surface area contributed by atoms with Gasteiger partial charge in [0.1, 0.15) is 12.3 Å². The van der Waals surface area contributed by atoms with Crippen LogP contribution in [-0.2, 0) is 9.59 Å². The molecule has 14 heavy (non-hydrogen) atoms. The zero-order valence-corrected chi connectivity index (χ0v) is 7.65. The zero-order valence-electron chi connectivity index (χ0n) is 7.65. The fourth-order valence-electron chi connectivity index (χ4n) is 1.20. The SMILES string of the molecule is CC(=O)NC1NCC(C(=O)O)=CC1O. The van der Waals surface area contributed by atoms with E-state index in [1.165, 1.54) is 13.0 Å². The molecule has 1 heterocycles. The standard InChI is InChI=1S/C8H12N2O4/c1-4(11)10-7-6(12)2-5(3-9-7)8(13)14/h2,6-7,9,12H,3H2,1H3,(H,10,11)(H,13,14). The molecule has 78 valence electrons. The van der Waals surface area contributed by atoms with Gasteiger partial charge in [-0.1, -0.05) is 0 Å². The predicted molar refractivity (Wildman–Crippen MR) is 47.3 cm³/mol. The van der Waals surface area contributed by atoms with E-state index in [0.29, 0.717) is 0 Å². The van der Waals surface area contributed by atoms with E-state index in [4.69, 9.17) is 5.11 Å². The minimum Gasteiger partial charge on any atom is -0.478 e. The van der Waals surface area contributed by atoms with Gasteiger partial charge in [0.25, 0.3) is 0 Å².